The Bertz CT molecular complexity index is 2910. The van der Waals surface area contributed by atoms with Crippen molar-refractivity contribution >= 4 is 45.6 Å². The van der Waals surface area contributed by atoms with Crippen LogP contribution in [0.1, 0.15) is 79.8 Å². The highest BCUT2D eigenvalue weighted by Crippen LogP contribution is 2.55. The molecule has 0 spiro atoms. The SMILES string of the molecule is Cn1c(=O)n(C2CCC(=O)NC2=O)c2ccc(CCCN3CCN(c4ncc(-c5ccc6cn(C78CCC(CNC(=O)c9cc(F)c(O)c(F)c9F)(CC7)CC8)nc6c5)cn4)CC3)cc21. The fraction of sp³-hybridized carbons (Fsp3) is 0.426. The third-order valence-electron chi connectivity index (χ3n) is 14.6. The fourth-order valence-corrected chi connectivity index (χ4v) is 10.5. The molecular weight excluding hydrogens is 842 g/mol. The monoisotopic (exact) mass is 890 g/mol. The number of anilines is 1. The van der Waals surface area contributed by atoms with Crippen LogP contribution in [0.25, 0.3) is 33.1 Å². The molecule has 65 heavy (non-hydrogen) atoms. The van der Waals surface area contributed by atoms with Crippen molar-refractivity contribution in [2.45, 2.75) is 75.8 Å². The molecule has 3 N–H and O–H groups in total. The Hall–Kier alpha value is -6.56. The second-order valence-electron chi connectivity index (χ2n) is 18.3. The maximum Gasteiger partial charge on any atom is 0.329 e. The Morgan fingerprint density at radius 1 is 0.892 bits per heavy atom. The van der Waals surface area contributed by atoms with Gasteiger partial charge in [0.2, 0.25) is 23.6 Å². The zero-order valence-electron chi connectivity index (χ0n) is 36.0. The zero-order chi connectivity index (χ0) is 45.2. The molecular formula is C47H49F3N10O5. The minimum absolute atomic E-state index is 0.164. The first-order valence-corrected chi connectivity index (χ1v) is 22.3. The van der Waals surface area contributed by atoms with Gasteiger partial charge in [-0.15, -0.1) is 0 Å². The lowest BCUT2D eigenvalue weighted by atomic mass is 9.57. The highest BCUT2D eigenvalue weighted by Gasteiger charge is 2.50. The van der Waals surface area contributed by atoms with Gasteiger partial charge in [-0.2, -0.15) is 9.49 Å². The second-order valence-corrected chi connectivity index (χ2v) is 18.3. The van der Waals surface area contributed by atoms with Gasteiger partial charge in [0.05, 0.1) is 27.7 Å². The van der Waals surface area contributed by atoms with E-state index in [4.69, 9.17) is 15.1 Å². The smallest absolute Gasteiger partial charge is 0.329 e. The van der Waals surface area contributed by atoms with E-state index < -0.39 is 46.6 Å². The number of benzene rings is 3. The van der Waals surface area contributed by atoms with E-state index in [9.17, 15) is 37.5 Å². The molecule has 1 atom stereocenters. The first-order valence-electron chi connectivity index (χ1n) is 22.3. The van der Waals surface area contributed by atoms with Crippen molar-refractivity contribution in [2.75, 3.05) is 44.2 Å². The average molecular weight is 891 g/mol. The molecule has 11 rings (SSSR count). The number of piperidine rings is 1. The van der Waals surface area contributed by atoms with Crippen molar-refractivity contribution in [3.63, 3.8) is 0 Å². The lowest BCUT2D eigenvalue weighted by Crippen LogP contribution is -2.51. The molecule has 15 nitrogen and oxygen atoms in total. The fourth-order valence-electron chi connectivity index (χ4n) is 10.5. The standard InChI is InChI=1S/C47H49F3N10O5/c1-56-37-21-28(4-7-35(37)60(45(56)65)36-8-9-38(61)54-43(36)64)3-2-16-57-17-19-58(20-18-57)44-51-24-31(25-52-44)29-5-6-30-26-59(55-34(30)22-29)47-13-10-46(11-14-47,12-15-47)27-53-42(63)32-23-33(48)41(62)40(50)39(32)49/h4-7,21-26,36,62H,2-3,8-20,27H2,1H3,(H,53,63)(H,54,61,64). The number of hydrogen-bond donors (Lipinski definition) is 3. The van der Waals surface area contributed by atoms with Gasteiger partial charge in [0.1, 0.15) is 6.04 Å². The van der Waals surface area contributed by atoms with Gasteiger partial charge in [-0.3, -0.25) is 38.4 Å². The van der Waals surface area contributed by atoms with E-state index in [0.717, 1.165) is 117 Å². The van der Waals surface area contributed by atoms with Gasteiger partial charge in [0.25, 0.3) is 5.91 Å². The summed E-state index contributed by atoms with van der Waals surface area (Å²) < 4.78 is 47.3. The largest absolute Gasteiger partial charge is 0.503 e. The lowest BCUT2D eigenvalue weighted by Gasteiger charge is -2.53. The Morgan fingerprint density at radius 3 is 2.35 bits per heavy atom. The van der Waals surface area contributed by atoms with Crippen molar-refractivity contribution < 1.29 is 32.7 Å². The van der Waals surface area contributed by atoms with Crippen LogP contribution < -0.4 is 21.2 Å². The van der Waals surface area contributed by atoms with Crippen molar-refractivity contribution in [3.05, 3.63) is 100 Å². The molecule has 3 aromatic carbocycles. The average Bonchev–Trinajstić information content (AvgIpc) is 3.87. The minimum Gasteiger partial charge on any atom is -0.503 e. The molecule has 3 aliphatic carbocycles. The van der Waals surface area contributed by atoms with Crippen LogP contribution in [-0.2, 0) is 28.6 Å². The highest BCUT2D eigenvalue weighted by molar-refractivity contribution is 6.00. The number of aromatic hydroxyl groups is 1. The molecule has 3 amide bonds. The molecule has 2 bridgehead atoms. The van der Waals surface area contributed by atoms with E-state index in [2.05, 4.69) is 49.5 Å². The molecule has 2 aliphatic heterocycles. The van der Waals surface area contributed by atoms with Crippen molar-refractivity contribution in [3.8, 4) is 16.9 Å². The molecule has 6 aromatic rings. The number of nitrogens with one attached hydrogen (secondary N) is 2. The maximum atomic E-state index is 14.3. The van der Waals surface area contributed by atoms with Gasteiger partial charge in [0.15, 0.2) is 17.4 Å². The minimum atomic E-state index is -1.78. The molecule has 1 unspecified atom stereocenters. The van der Waals surface area contributed by atoms with Gasteiger partial charge < -0.3 is 15.3 Å². The molecule has 2 saturated heterocycles. The Morgan fingerprint density at radius 2 is 1.63 bits per heavy atom. The van der Waals surface area contributed by atoms with Crippen LogP contribution in [0.4, 0.5) is 19.1 Å². The molecule has 338 valence electrons. The number of carbonyl (C=O) groups excluding carboxylic acids is 3. The third kappa shape index (κ3) is 7.70. The summed E-state index contributed by atoms with van der Waals surface area (Å²) in [5.41, 5.74) is 3.91. The molecule has 5 heterocycles. The van der Waals surface area contributed by atoms with E-state index in [1.807, 2.05) is 30.6 Å². The van der Waals surface area contributed by atoms with Crippen LogP contribution in [0.2, 0.25) is 0 Å². The molecule has 5 aliphatic rings. The number of phenols is 1. The van der Waals surface area contributed by atoms with Crippen molar-refractivity contribution in [2.24, 2.45) is 12.5 Å². The summed E-state index contributed by atoms with van der Waals surface area (Å²) in [5.74, 6) is -7.16. The van der Waals surface area contributed by atoms with Gasteiger partial charge in [0, 0.05) is 75.7 Å². The number of halogens is 3. The zero-order valence-corrected chi connectivity index (χ0v) is 36.0. The Balaban J connectivity index is 0.711. The number of aromatic nitrogens is 6. The first-order chi connectivity index (χ1) is 31.3. The van der Waals surface area contributed by atoms with Gasteiger partial charge >= 0.3 is 5.69 Å². The first kappa shape index (κ1) is 42.4. The van der Waals surface area contributed by atoms with Crippen LogP contribution in [0, 0.1) is 22.9 Å². The summed E-state index contributed by atoms with van der Waals surface area (Å²) in [6, 6.07) is 12.0. The van der Waals surface area contributed by atoms with E-state index in [1.165, 1.54) is 4.57 Å². The summed E-state index contributed by atoms with van der Waals surface area (Å²) in [7, 11) is 1.71. The number of rotatable bonds is 11. The predicted octanol–water partition coefficient (Wildman–Crippen LogP) is 5.48. The summed E-state index contributed by atoms with van der Waals surface area (Å²) in [5, 5.41) is 20.5. The van der Waals surface area contributed by atoms with Crippen LogP contribution in [0.15, 0.2) is 65.8 Å². The molecule has 5 fully saturated rings. The van der Waals surface area contributed by atoms with Crippen molar-refractivity contribution in [1.29, 1.82) is 0 Å². The van der Waals surface area contributed by atoms with E-state index in [0.29, 0.717) is 24.0 Å². The van der Waals surface area contributed by atoms with Crippen LogP contribution in [-0.4, -0.2) is 95.9 Å². The number of aryl methyl sites for hydroxylation is 2. The van der Waals surface area contributed by atoms with Crippen molar-refractivity contribution in [1.82, 2.24) is 44.4 Å². The maximum absolute atomic E-state index is 14.3. The quantitative estimate of drug-likeness (QED) is 0.112. The summed E-state index contributed by atoms with van der Waals surface area (Å²) in [6.07, 6.45) is 13.1. The number of fused-ring (bicyclic) bond motifs is 5. The molecule has 18 heteroatoms. The summed E-state index contributed by atoms with van der Waals surface area (Å²) >= 11 is 0. The van der Waals surface area contributed by atoms with E-state index in [1.54, 1.807) is 11.6 Å². The number of imide groups is 1. The van der Waals surface area contributed by atoms with Crippen LogP contribution in [0.5, 0.6) is 5.75 Å². The number of nitrogens with zero attached hydrogens (tertiary/aromatic N) is 8. The highest BCUT2D eigenvalue weighted by atomic mass is 19.2. The van der Waals surface area contributed by atoms with E-state index >= 15 is 0 Å². The molecule has 3 aromatic heterocycles. The van der Waals surface area contributed by atoms with E-state index in [-0.39, 0.29) is 35.5 Å². The number of phenolic OH excluding ortho intramolecular Hbond substituents is 1. The lowest BCUT2D eigenvalue weighted by molar-refractivity contribution is -0.135. The Kier molecular flexibility index (Phi) is 10.7. The van der Waals surface area contributed by atoms with Gasteiger partial charge in [-0.05, 0) is 105 Å². The number of carbonyl (C=O) groups is 3. The number of amides is 3. The number of imidazole rings is 1. The summed E-state index contributed by atoms with van der Waals surface area (Å²) in [4.78, 5) is 64.3. The Labute approximate surface area is 371 Å². The topological polar surface area (TPSA) is 173 Å². The second kappa shape index (κ2) is 16.5. The van der Waals surface area contributed by atoms with Gasteiger partial charge in [-0.25, -0.2) is 23.5 Å². The predicted molar refractivity (Wildman–Crippen MR) is 235 cm³/mol. The van der Waals surface area contributed by atoms with Gasteiger partial charge in [-0.1, -0.05) is 18.2 Å². The molecule has 0 radical (unpaired) electrons. The number of piperazine rings is 1. The summed E-state index contributed by atoms with van der Waals surface area (Å²) in [6.45, 7) is 4.59. The van der Waals surface area contributed by atoms with Crippen LogP contribution in [0.3, 0.4) is 0 Å². The molecule has 3 saturated carbocycles. The third-order valence-corrected chi connectivity index (χ3v) is 14.6. The van der Waals surface area contributed by atoms with Crippen LogP contribution >= 0.6 is 0 Å². The normalized spacial score (nSPS) is 22.5. The number of hydrogen-bond acceptors (Lipinski definition) is 10.